The van der Waals surface area contributed by atoms with Gasteiger partial charge in [0.05, 0.1) is 11.3 Å². The highest BCUT2D eigenvalue weighted by Gasteiger charge is 2.16. The van der Waals surface area contributed by atoms with Crippen molar-refractivity contribution in [3.8, 4) is 11.4 Å². The summed E-state index contributed by atoms with van der Waals surface area (Å²) in [4.78, 5) is 38.3. The molecule has 1 aromatic heterocycles. The van der Waals surface area contributed by atoms with Crippen LogP contribution < -0.4 is 10.6 Å². The second-order valence-corrected chi connectivity index (χ2v) is 6.50. The molecule has 0 spiro atoms. The van der Waals surface area contributed by atoms with E-state index in [1.807, 2.05) is 31.2 Å². The molecule has 10 heteroatoms. The van der Waals surface area contributed by atoms with E-state index in [4.69, 9.17) is 4.52 Å². The number of hydrogen-bond acceptors (Lipinski definition) is 7. The smallest absolute Gasteiger partial charge is 0.316 e. The van der Waals surface area contributed by atoms with E-state index in [1.165, 1.54) is 24.3 Å². The standard InChI is InChI=1S/C20H19N5O5/c1-13-3-2-4-15(11-13)18-23-20(30-24-18)19(27)22-10-9-21-17(26)12-14-5-7-16(8-6-14)25(28)29/h2-8,11H,9-10,12H2,1H3,(H,21,26)(H,22,27). The molecule has 0 saturated heterocycles. The van der Waals surface area contributed by atoms with Crippen LogP contribution in [0.15, 0.2) is 53.1 Å². The quantitative estimate of drug-likeness (QED) is 0.329. The second-order valence-electron chi connectivity index (χ2n) is 6.50. The molecule has 0 aliphatic heterocycles. The summed E-state index contributed by atoms with van der Waals surface area (Å²) >= 11 is 0. The van der Waals surface area contributed by atoms with Crippen molar-refractivity contribution in [3.63, 3.8) is 0 Å². The largest absolute Gasteiger partial charge is 0.354 e. The molecule has 1 heterocycles. The second kappa shape index (κ2) is 9.41. The Hall–Kier alpha value is -4.08. The molecule has 0 fully saturated rings. The molecule has 0 atom stereocenters. The summed E-state index contributed by atoms with van der Waals surface area (Å²) in [6, 6.07) is 13.2. The normalized spacial score (nSPS) is 10.4. The van der Waals surface area contributed by atoms with E-state index in [1.54, 1.807) is 0 Å². The lowest BCUT2D eigenvalue weighted by molar-refractivity contribution is -0.384. The lowest BCUT2D eigenvalue weighted by atomic mass is 10.1. The van der Waals surface area contributed by atoms with Gasteiger partial charge in [-0.3, -0.25) is 19.7 Å². The van der Waals surface area contributed by atoms with Gasteiger partial charge in [-0.05, 0) is 18.6 Å². The van der Waals surface area contributed by atoms with Crippen molar-refractivity contribution >= 4 is 17.5 Å². The van der Waals surface area contributed by atoms with E-state index in [9.17, 15) is 19.7 Å². The maximum Gasteiger partial charge on any atom is 0.316 e. The molecule has 10 nitrogen and oxygen atoms in total. The molecular formula is C20H19N5O5. The number of hydrogen-bond donors (Lipinski definition) is 2. The van der Waals surface area contributed by atoms with Crippen molar-refractivity contribution in [1.29, 1.82) is 0 Å². The van der Waals surface area contributed by atoms with Gasteiger partial charge in [0.1, 0.15) is 0 Å². The van der Waals surface area contributed by atoms with Crippen LogP contribution in [0.3, 0.4) is 0 Å². The fourth-order valence-corrected chi connectivity index (χ4v) is 2.65. The van der Waals surface area contributed by atoms with Crippen LogP contribution in [0.25, 0.3) is 11.4 Å². The van der Waals surface area contributed by atoms with E-state index < -0.39 is 10.8 Å². The number of aryl methyl sites for hydroxylation is 1. The van der Waals surface area contributed by atoms with Crippen LogP contribution in [0.2, 0.25) is 0 Å². The van der Waals surface area contributed by atoms with Gasteiger partial charge in [0.15, 0.2) is 0 Å². The highest BCUT2D eigenvalue weighted by molar-refractivity contribution is 5.90. The van der Waals surface area contributed by atoms with Crippen LogP contribution in [0.4, 0.5) is 5.69 Å². The van der Waals surface area contributed by atoms with E-state index in [0.717, 1.165) is 11.1 Å². The van der Waals surface area contributed by atoms with Crippen LogP contribution in [0, 0.1) is 17.0 Å². The van der Waals surface area contributed by atoms with Crippen LogP contribution in [-0.4, -0.2) is 40.0 Å². The average Bonchev–Trinajstić information content (AvgIpc) is 3.22. The Morgan fingerprint density at radius 2 is 1.83 bits per heavy atom. The zero-order valence-corrected chi connectivity index (χ0v) is 16.1. The van der Waals surface area contributed by atoms with Crippen molar-refractivity contribution in [3.05, 3.63) is 75.7 Å². The number of benzene rings is 2. The maximum absolute atomic E-state index is 12.1. The van der Waals surface area contributed by atoms with E-state index in [0.29, 0.717) is 11.4 Å². The first-order valence-electron chi connectivity index (χ1n) is 9.11. The molecule has 3 rings (SSSR count). The minimum atomic E-state index is -0.536. The molecule has 30 heavy (non-hydrogen) atoms. The van der Waals surface area contributed by atoms with Gasteiger partial charge in [0.25, 0.3) is 5.69 Å². The molecular weight excluding hydrogens is 390 g/mol. The number of amides is 2. The van der Waals surface area contributed by atoms with Crippen LogP contribution in [-0.2, 0) is 11.2 Å². The topological polar surface area (TPSA) is 140 Å². The molecule has 3 aromatic rings. The van der Waals surface area contributed by atoms with Crippen molar-refractivity contribution in [1.82, 2.24) is 20.8 Å². The summed E-state index contributed by atoms with van der Waals surface area (Å²) < 4.78 is 5.00. The van der Waals surface area contributed by atoms with E-state index in [-0.39, 0.29) is 37.0 Å². The summed E-state index contributed by atoms with van der Waals surface area (Å²) in [6.45, 7) is 2.32. The van der Waals surface area contributed by atoms with Crippen molar-refractivity contribution in [2.24, 2.45) is 0 Å². The van der Waals surface area contributed by atoms with E-state index in [2.05, 4.69) is 20.8 Å². The van der Waals surface area contributed by atoms with Crippen molar-refractivity contribution < 1.29 is 19.0 Å². The zero-order valence-electron chi connectivity index (χ0n) is 16.1. The highest BCUT2D eigenvalue weighted by atomic mass is 16.6. The lowest BCUT2D eigenvalue weighted by Crippen LogP contribution is -2.35. The first-order valence-corrected chi connectivity index (χ1v) is 9.11. The summed E-state index contributed by atoms with van der Waals surface area (Å²) in [6.07, 6.45) is 0.0788. The zero-order chi connectivity index (χ0) is 21.5. The monoisotopic (exact) mass is 409 g/mol. The Morgan fingerprint density at radius 3 is 2.53 bits per heavy atom. The minimum absolute atomic E-state index is 0.0338. The number of nitro groups is 1. The van der Waals surface area contributed by atoms with Gasteiger partial charge < -0.3 is 15.2 Å². The fourth-order valence-electron chi connectivity index (χ4n) is 2.65. The van der Waals surface area contributed by atoms with Gasteiger partial charge in [-0.2, -0.15) is 4.98 Å². The number of carbonyl (C=O) groups excluding carboxylic acids is 2. The lowest BCUT2D eigenvalue weighted by Gasteiger charge is -2.06. The van der Waals surface area contributed by atoms with Crippen molar-refractivity contribution in [2.45, 2.75) is 13.3 Å². The summed E-state index contributed by atoms with van der Waals surface area (Å²) in [5.74, 6) is -0.646. The fraction of sp³-hybridized carbons (Fsp3) is 0.200. The molecule has 0 radical (unpaired) electrons. The summed E-state index contributed by atoms with van der Waals surface area (Å²) in [5, 5.41) is 19.7. The molecule has 154 valence electrons. The van der Waals surface area contributed by atoms with Gasteiger partial charge in [-0.25, -0.2) is 0 Å². The molecule has 2 N–H and O–H groups in total. The van der Waals surface area contributed by atoms with Gasteiger partial charge in [0.2, 0.25) is 11.7 Å². The number of nitrogens with one attached hydrogen (secondary N) is 2. The Morgan fingerprint density at radius 1 is 1.10 bits per heavy atom. The maximum atomic E-state index is 12.1. The molecule has 0 saturated carbocycles. The molecule has 2 amide bonds. The molecule has 0 bridgehead atoms. The number of non-ortho nitro benzene ring substituents is 1. The predicted octanol–water partition coefficient (Wildman–Crippen LogP) is 2.04. The number of carbonyl (C=O) groups is 2. The van der Waals surface area contributed by atoms with Gasteiger partial charge in [-0.15, -0.1) is 0 Å². The molecule has 0 aliphatic carbocycles. The molecule has 0 unspecified atom stereocenters. The molecule has 0 aliphatic rings. The average molecular weight is 409 g/mol. The third kappa shape index (κ3) is 5.47. The first kappa shape index (κ1) is 20.6. The first-order chi connectivity index (χ1) is 14.4. The highest BCUT2D eigenvalue weighted by Crippen LogP contribution is 2.16. The predicted molar refractivity (Wildman–Crippen MR) is 107 cm³/mol. The van der Waals surface area contributed by atoms with Crippen molar-refractivity contribution in [2.75, 3.05) is 13.1 Å². The van der Waals surface area contributed by atoms with Crippen LogP contribution >= 0.6 is 0 Å². The Balaban J connectivity index is 1.42. The third-order valence-corrected chi connectivity index (χ3v) is 4.14. The Kier molecular flexibility index (Phi) is 6.48. The Labute approximate surface area is 171 Å². The minimum Gasteiger partial charge on any atom is -0.354 e. The number of rotatable bonds is 8. The van der Waals surface area contributed by atoms with Crippen LogP contribution in [0.1, 0.15) is 21.8 Å². The SMILES string of the molecule is Cc1cccc(-c2noc(C(=O)NCCNC(=O)Cc3ccc([N+](=O)[O-])cc3)n2)c1. The number of nitrogens with zero attached hydrogens (tertiary/aromatic N) is 3. The van der Waals surface area contributed by atoms with E-state index >= 15 is 0 Å². The Bertz CT molecular complexity index is 1060. The number of nitro benzene ring substituents is 1. The van der Waals surface area contributed by atoms with Gasteiger partial charge in [-0.1, -0.05) is 41.1 Å². The number of aromatic nitrogens is 2. The van der Waals surface area contributed by atoms with Gasteiger partial charge >= 0.3 is 11.8 Å². The van der Waals surface area contributed by atoms with Crippen LogP contribution in [0.5, 0.6) is 0 Å². The molecule has 2 aromatic carbocycles. The summed E-state index contributed by atoms with van der Waals surface area (Å²) in [5.41, 5.74) is 2.40. The third-order valence-electron chi connectivity index (χ3n) is 4.14. The summed E-state index contributed by atoms with van der Waals surface area (Å²) in [7, 11) is 0. The van der Waals surface area contributed by atoms with Gasteiger partial charge in [0, 0.05) is 30.8 Å².